The van der Waals surface area contributed by atoms with Crippen LogP contribution in [-0.4, -0.2) is 41.6 Å². The Labute approximate surface area is 162 Å². The molecule has 5 aliphatic rings. The van der Waals surface area contributed by atoms with Crippen molar-refractivity contribution in [1.82, 2.24) is 10.2 Å². The van der Waals surface area contributed by atoms with E-state index in [1.165, 1.54) is 19.3 Å². The predicted molar refractivity (Wildman–Crippen MR) is 105 cm³/mol. The number of β-amino-alcohol motifs (C(OH)–C–C–N with tert-alkyl or cyclic N) is 1. The molecule has 1 aliphatic heterocycles. The van der Waals surface area contributed by atoms with E-state index in [0.717, 1.165) is 62.1 Å². The van der Waals surface area contributed by atoms with Crippen LogP contribution < -0.4 is 5.32 Å². The first-order chi connectivity index (χ1) is 13.1. The summed E-state index contributed by atoms with van der Waals surface area (Å²) >= 11 is 0. The summed E-state index contributed by atoms with van der Waals surface area (Å²) in [6, 6.07) is 10.1. The summed E-state index contributed by atoms with van der Waals surface area (Å²) in [6.45, 7) is 2.46. The van der Waals surface area contributed by atoms with E-state index in [-0.39, 0.29) is 11.5 Å². The number of nitrogens with one attached hydrogen (secondary N) is 1. The van der Waals surface area contributed by atoms with Crippen LogP contribution in [0.4, 0.5) is 0 Å². The Kier molecular flexibility index (Phi) is 4.52. The van der Waals surface area contributed by atoms with E-state index in [1.54, 1.807) is 0 Å². The normalized spacial score (nSPS) is 38.9. The minimum absolute atomic E-state index is 0.0499. The maximum atomic E-state index is 13.2. The summed E-state index contributed by atoms with van der Waals surface area (Å²) in [5.74, 6) is 2.77. The van der Waals surface area contributed by atoms with Gasteiger partial charge in [0.25, 0.3) is 0 Å². The van der Waals surface area contributed by atoms with Gasteiger partial charge in [0.15, 0.2) is 0 Å². The van der Waals surface area contributed by atoms with Gasteiger partial charge in [-0.25, -0.2) is 0 Å². The van der Waals surface area contributed by atoms with E-state index >= 15 is 0 Å². The maximum absolute atomic E-state index is 13.2. The highest BCUT2D eigenvalue weighted by Crippen LogP contribution is 2.60. The summed E-state index contributed by atoms with van der Waals surface area (Å²) in [6.07, 6.45) is 8.07. The lowest BCUT2D eigenvalue weighted by molar-refractivity contribution is -0.146. The Bertz CT molecular complexity index is 654. The van der Waals surface area contributed by atoms with Gasteiger partial charge in [-0.05, 0) is 68.3 Å². The molecule has 1 aromatic carbocycles. The molecule has 1 aromatic rings. The number of aliphatic hydroxyl groups is 1. The molecule has 2 N–H and O–H groups in total. The summed E-state index contributed by atoms with van der Waals surface area (Å²) in [5, 5.41) is 13.9. The molecule has 1 saturated heterocycles. The number of amides is 1. The lowest BCUT2D eigenvalue weighted by Crippen LogP contribution is -2.55. The lowest BCUT2D eigenvalue weighted by Gasteiger charge is -2.55. The zero-order chi connectivity index (χ0) is 18.4. The fraction of sp³-hybridized carbons (Fsp3) is 0.696. The second-order valence-electron chi connectivity index (χ2n) is 9.84. The number of hydrogen-bond acceptors (Lipinski definition) is 3. The van der Waals surface area contributed by atoms with Gasteiger partial charge in [-0.3, -0.25) is 9.69 Å². The molecule has 6 rings (SSSR count). The van der Waals surface area contributed by atoms with Gasteiger partial charge >= 0.3 is 0 Å². The summed E-state index contributed by atoms with van der Waals surface area (Å²) in [4.78, 5) is 15.5. The van der Waals surface area contributed by atoms with Crippen LogP contribution in [0.2, 0.25) is 0 Å². The van der Waals surface area contributed by atoms with Crippen LogP contribution in [0.15, 0.2) is 30.3 Å². The number of benzene rings is 1. The smallest absolute Gasteiger partial charge is 0.226 e. The number of likely N-dealkylation sites (tertiary alicyclic amines) is 1. The lowest BCUT2D eigenvalue weighted by atomic mass is 9.49. The molecule has 2 atom stereocenters. The molecule has 2 unspecified atom stereocenters. The first-order valence-corrected chi connectivity index (χ1v) is 10.9. The molecule has 4 aliphatic carbocycles. The Morgan fingerprint density at radius 2 is 1.74 bits per heavy atom. The van der Waals surface area contributed by atoms with Crippen molar-refractivity contribution in [3.8, 4) is 0 Å². The van der Waals surface area contributed by atoms with E-state index in [1.807, 2.05) is 30.3 Å². The summed E-state index contributed by atoms with van der Waals surface area (Å²) < 4.78 is 0. The number of rotatable bonds is 5. The largest absolute Gasteiger partial charge is 0.387 e. The van der Waals surface area contributed by atoms with Gasteiger partial charge in [-0.2, -0.15) is 0 Å². The second kappa shape index (κ2) is 6.89. The van der Waals surface area contributed by atoms with Crippen molar-refractivity contribution in [2.75, 3.05) is 19.6 Å². The fourth-order valence-corrected chi connectivity index (χ4v) is 6.87. The van der Waals surface area contributed by atoms with E-state index in [2.05, 4.69) is 10.2 Å². The van der Waals surface area contributed by atoms with Gasteiger partial charge in [0.2, 0.25) is 5.91 Å². The zero-order valence-electron chi connectivity index (χ0n) is 16.1. The van der Waals surface area contributed by atoms with Crippen molar-refractivity contribution in [3.05, 3.63) is 35.9 Å². The van der Waals surface area contributed by atoms with Crippen molar-refractivity contribution in [1.29, 1.82) is 0 Å². The van der Waals surface area contributed by atoms with E-state index in [4.69, 9.17) is 0 Å². The third kappa shape index (κ3) is 3.42. The van der Waals surface area contributed by atoms with Crippen LogP contribution in [0.1, 0.15) is 56.6 Å². The number of hydrogen-bond donors (Lipinski definition) is 2. The third-order valence-electron chi connectivity index (χ3n) is 7.74. The fourth-order valence-electron chi connectivity index (χ4n) is 6.87. The summed E-state index contributed by atoms with van der Waals surface area (Å²) in [7, 11) is 0. The summed E-state index contributed by atoms with van der Waals surface area (Å²) in [5.41, 5.74) is 0.921. The van der Waals surface area contributed by atoms with E-state index < -0.39 is 6.10 Å². The SMILES string of the molecule is O=C(NC1CCN(CC(O)c2ccccc2)C1)C12CC3CC(CC(C3)C1)C2. The van der Waals surface area contributed by atoms with E-state index in [0.29, 0.717) is 12.5 Å². The highest BCUT2D eigenvalue weighted by Gasteiger charge is 2.54. The highest BCUT2D eigenvalue weighted by atomic mass is 16.3. The zero-order valence-corrected chi connectivity index (χ0v) is 16.1. The van der Waals surface area contributed by atoms with Gasteiger partial charge in [0.05, 0.1) is 6.10 Å². The first-order valence-electron chi connectivity index (χ1n) is 10.9. The Morgan fingerprint density at radius 1 is 1.11 bits per heavy atom. The van der Waals surface area contributed by atoms with Gasteiger partial charge in [-0.1, -0.05) is 30.3 Å². The molecule has 1 heterocycles. The Morgan fingerprint density at radius 3 is 2.37 bits per heavy atom. The minimum Gasteiger partial charge on any atom is -0.387 e. The van der Waals surface area contributed by atoms with Crippen LogP contribution in [-0.2, 0) is 4.79 Å². The van der Waals surface area contributed by atoms with Crippen molar-refractivity contribution in [2.24, 2.45) is 23.2 Å². The maximum Gasteiger partial charge on any atom is 0.226 e. The first kappa shape index (κ1) is 17.7. The Balaban J connectivity index is 1.16. The molecular formula is C23H32N2O2. The molecule has 4 bridgehead atoms. The van der Waals surface area contributed by atoms with Gasteiger partial charge < -0.3 is 10.4 Å². The Hall–Kier alpha value is -1.39. The van der Waals surface area contributed by atoms with Crippen LogP contribution in [0.3, 0.4) is 0 Å². The van der Waals surface area contributed by atoms with Crippen LogP contribution in [0, 0.1) is 23.2 Å². The quantitative estimate of drug-likeness (QED) is 0.840. The van der Waals surface area contributed by atoms with Gasteiger partial charge in [0, 0.05) is 31.1 Å². The van der Waals surface area contributed by atoms with Gasteiger partial charge in [0.1, 0.15) is 0 Å². The molecule has 0 aromatic heterocycles. The van der Waals surface area contributed by atoms with Gasteiger partial charge in [-0.15, -0.1) is 0 Å². The van der Waals surface area contributed by atoms with E-state index in [9.17, 15) is 9.90 Å². The standard InChI is InChI=1S/C23H32N2O2/c26-21(19-4-2-1-3-5-19)15-25-7-6-20(14-25)24-22(27)23-11-16-8-17(12-23)10-18(9-16)13-23/h1-5,16-18,20-21,26H,6-15H2,(H,24,27). The highest BCUT2D eigenvalue weighted by molar-refractivity contribution is 5.83. The topological polar surface area (TPSA) is 52.6 Å². The molecule has 0 spiro atoms. The molecular weight excluding hydrogens is 336 g/mol. The molecule has 4 nitrogen and oxygen atoms in total. The molecule has 4 saturated carbocycles. The molecule has 4 heteroatoms. The number of carbonyl (C=O) groups excluding carboxylic acids is 1. The predicted octanol–water partition coefficient (Wildman–Crippen LogP) is 3.13. The number of aliphatic hydroxyl groups excluding tert-OH is 1. The van der Waals surface area contributed by atoms with Crippen molar-refractivity contribution in [2.45, 2.75) is 57.1 Å². The monoisotopic (exact) mass is 368 g/mol. The van der Waals surface area contributed by atoms with Crippen molar-refractivity contribution < 1.29 is 9.90 Å². The number of nitrogens with zero attached hydrogens (tertiary/aromatic N) is 1. The minimum atomic E-state index is -0.455. The average Bonchev–Trinajstić information content (AvgIpc) is 3.08. The second-order valence-corrected chi connectivity index (χ2v) is 9.84. The molecule has 1 amide bonds. The molecule has 5 fully saturated rings. The number of carbonyl (C=O) groups is 1. The van der Waals surface area contributed by atoms with Crippen LogP contribution in [0.25, 0.3) is 0 Å². The molecule has 146 valence electrons. The molecule has 0 radical (unpaired) electrons. The third-order valence-corrected chi connectivity index (χ3v) is 7.74. The van der Waals surface area contributed by atoms with Crippen LogP contribution in [0.5, 0.6) is 0 Å². The molecule has 27 heavy (non-hydrogen) atoms. The van der Waals surface area contributed by atoms with Crippen LogP contribution >= 0.6 is 0 Å². The average molecular weight is 369 g/mol. The van der Waals surface area contributed by atoms with Crippen molar-refractivity contribution in [3.63, 3.8) is 0 Å². The van der Waals surface area contributed by atoms with Crippen molar-refractivity contribution >= 4 is 5.91 Å².